The molecule has 2 aromatic rings. The summed E-state index contributed by atoms with van der Waals surface area (Å²) in [5.74, 6) is 0.598. The molecule has 1 fully saturated rings. The number of nitro groups is 1. The van der Waals surface area contributed by atoms with Crippen molar-refractivity contribution in [2.45, 2.75) is 19.8 Å². The summed E-state index contributed by atoms with van der Waals surface area (Å²) < 4.78 is 2.59. The predicted octanol–water partition coefficient (Wildman–Crippen LogP) is 0.948. The molecule has 3 rings (SSSR count). The van der Waals surface area contributed by atoms with Crippen LogP contribution in [0.3, 0.4) is 0 Å². The highest BCUT2D eigenvalue weighted by Crippen LogP contribution is 2.21. The zero-order chi connectivity index (χ0) is 24.1. The van der Waals surface area contributed by atoms with Gasteiger partial charge in [0.05, 0.1) is 4.92 Å². The average Bonchev–Trinajstić information content (AvgIpc) is 2.83. The Labute approximate surface area is 191 Å². The lowest BCUT2D eigenvalue weighted by Gasteiger charge is -2.36. The number of hydrogen-bond acceptors (Lipinski definition) is 7. The molecule has 1 aromatic carbocycles. The Balaban J connectivity index is 1.56. The number of aromatic nitrogens is 2. The molecular weight excluding hydrogens is 428 g/mol. The second-order valence-electron chi connectivity index (χ2n) is 8.10. The first kappa shape index (κ1) is 24.2. The van der Waals surface area contributed by atoms with E-state index >= 15 is 0 Å². The molecule has 0 radical (unpaired) electrons. The summed E-state index contributed by atoms with van der Waals surface area (Å²) in [4.78, 5) is 53.1. The normalized spacial score (nSPS) is 14.3. The van der Waals surface area contributed by atoms with Gasteiger partial charge in [0.15, 0.2) is 0 Å². The van der Waals surface area contributed by atoms with Crippen molar-refractivity contribution in [2.75, 3.05) is 49.1 Å². The minimum Gasteiger partial charge on any atom is -0.355 e. The first-order valence-electron chi connectivity index (χ1n) is 11.0. The fraction of sp³-hybridized carbons (Fsp3) is 0.500. The number of amides is 1. The fourth-order valence-electron chi connectivity index (χ4n) is 4.02. The molecule has 1 aliphatic heterocycles. The third-order valence-corrected chi connectivity index (χ3v) is 6.03. The van der Waals surface area contributed by atoms with Gasteiger partial charge < -0.3 is 9.80 Å². The monoisotopic (exact) mass is 458 g/mol. The van der Waals surface area contributed by atoms with Gasteiger partial charge in [-0.3, -0.25) is 33.7 Å². The van der Waals surface area contributed by atoms with Crippen molar-refractivity contribution in [1.29, 1.82) is 0 Å². The van der Waals surface area contributed by atoms with Crippen molar-refractivity contribution >= 4 is 23.1 Å². The number of nitrogens with zero attached hydrogens (tertiary/aromatic N) is 6. The highest BCUT2D eigenvalue weighted by molar-refractivity contribution is 5.93. The highest BCUT2D eigenvalue weighted by atomic mass is 16.6. The first-order valence-corrected chi connectivity index (χ1v) is 11.0. The lowest BCUT2D eigenvalue weighted by molar-refractivity contribution is -0.384. The molecule has 1 aliphatic rings. The topological polar surface area (TPSA) is 114 Å². The van der Waals surface area contributed by atoms with E-state index in [0.29, 0.717) is 37.6 Å². The van der Waals surface area contributed by atoms with Gasteiger partial charge in [-0.15, -0.1) is 0 Å². The Morgan fingerprint density at radius 1 is 1.06 bits per heavy atom. The van der Waals surface area contributed by atoms with Gasteiger partial charge >= 0.3 is 5.69 Å². The molecule has 178 valence electrons. The van der Waals surface area contributed by atoms with Gasteiger partial charge in [-0.1, -0.05) is 6.92 Å². The average molecular weight is 459 g/mol. The number of carbonyl (C=O) groups is 1. The largest absolute Gasteiger partial charge is 0.355 e. The molecule has 11 heteroatoms. The van der Waals surface area contributed by atoms with E-state index in [1.807, 2.05) is 4.90 Å². The van der Waals surface area contributed by atoms with E-state index in [1.165, 1.54) is 29.8 Å². The van der Waals surface area contributed by atoms with Crippen LogP contribution in [0.4, 0.5) is 17.2 Å². The number of non-ortho nitro benzene ring substituents is 1. The number of benzene rings is 1. The van der Waals surface area contributed by atoms with Crippen LogP contribution in [0.1, 0.15) is 19.8 Å². The molecule has 0 unspecified atom stereocenters. The summed E-state index contributed by atoms with van der Waals surface area (Å²) in [5.41, 5.74) is -0.00699. The second kappa shape index (κ2) is 10.4. The standard InChI is InChI=1S/C22H30N6O5/c1-4-20(29)27(17-6-8-18(9-7-17)28(32)33)11-5-10-25-12-14-26(15-13-25)19-16-21(30)24(3)22(31)23(19)2/h6-9,16H,4-5,10-15H2,1-3H3. The number of hydrogen-bond donors (Lipinski definition) is 0. The Bertz CT molecular complexity index is 1120. The van der Waals surface area contributed by atoms with Crippen LogP contribution < -0.4 is 21.0 Å². The molecule has 0 saturated carbocycles. The SMILES string of the molecule is CCC(=O)N(CCCN1CCN(c2cc(=O)n(C)c(=O)n2C)CC1)c1ccc([N+](=O)[O-])cc1. The lowest BCUT2D eigenvalue weighted by Crippen LogP contribution is -2.49. The van der Waals surface area contributed by atoms with Crippen molar-refractivity contribution < 1.29 is 9.72 Å². The van der Waals surface area contributed by atoms with Gasteiger partial charge in [0.2, 0.25) is 5.91 Å². The Morgan fingerprint density at radius 3 is 2.27 bits per heavy atom. The summed E-state index contributed by atoms with van der Waals surface area (Å²) >= 11 is 0. The first-order chi connectivity index (χ1) is 15.7. The molecule has 0 bridgehead atoms. The van der Waals surface area contributed by atoms with Crippen molar-refractivity contribution in [3.63, 3.8) is 0 Å². The van der Waals surface area contributed by atoms with Crippen LogP contribution in [0, 0.1) is 10.1 Å². The van der Waals surface area contributed by atoms with E-state index in [4.69, 9.17) is 0 Å². The van der Waals surface area contributed by atoms with E-state index in [9.17, 15) is 24.5 Å². The summed E-state index contributed by atoms with van der Waals surface area (Å²) in [6, 6.07) is 7.54. The van der Waals surface area contributed by atoms with Gasteiger partial charge in [0, 0.05) is 77.1 Å². The summed E-state index contributed by atoms with van der Waals surface area (Å²) in [5, 5.41) is 10.9. The number of rotatable bonds is 8. The molecule has 0 spiro atoms. The van der Waals surface area contributed by atoms with Gasteiger partial charge in [-0.25, -0.2) is 4.79 Å². The van der Waals surface area contributed by atoms with E-state index < -0.39 is 4.92 Å². The maximum Gasteiger partial charge on any atom is 0.332 e. The van der Waals surface area contributed by atoms with Crippen LogP contribution in [-0.4, -0.2) is 64.1 Å². The van der Waals surface area contributed by atoms with Crippen molar-refractivity contribution in [3.8, 4) is 0 Å². The van der Waals surface area contributed by atoms with Crippen LogP contribution in [-0.2, 0) is 18.9 Å². The third-order valence-electron chi connectivity index (χ3n) is 6.03. The number of piperazine rings is 1. The highest BCUT2D eigenvalue weighted by Gasteiger charge is 2.21. The minimum atomic E-state index is -0.458. The Morgan fingerprint density at radius 2 is 1.70 bits per heavy atom. The van der Waals surface area contributed by atoms with Crippen molar-refractivity contribution in [3.05, 3.63) is 61.3 Å². The summed E-state index contributed by atoms with van der Waals surface area (Å²) in [6.45, 7) is 6.06. The van der Waals surface area contributed by atoms with Gasteiger partial charge in [0.25, 0.3) is 11.2 Å². The molecule has 1 amide bonds. The lowest BCUT2D eigenvalue weighted by atomic mass is 10.2. The molecule has 1 saturated heterocycles. The fourth-order valence-corrected chi connectivity index (χ4v) is 4.02. The number of carbonyl (C=O) groups excluding carboxylic acids is 1. The molecule has 0 atom stereocenters. The summed E-state index contributed by atoms with van der Waals surface area (Å²) in [7, 11) is 3.14. The number of anilines is 2. The van der Waals surface area contributed by atoms with E-state index in [1.54, 1.807) is 31.0 Å². The summed E-state index contributed by atoms with van der Waals surface area (Å²) in [6.07, 6.45) is 1.11. The van der Waals surface area contributed by atoms with E-state index in [0.717, 1.165) is 30.6 Å². The zero-order valence-corrected chi connectivity index (χ0v) is 19.3. The van der Waals surface area contributed by atoms with Crippen molar-refractivity contribution in [2.24, 2.45) is 14.1 Å². The quantitative estimate of drug-likeness (QED) is 0.427. The van der Waals surface area contributed by atoms with Crippen LogP contribution >= 0.6 is 0 Å². The maximum atomic E-state index is 12.4. The van der Waals surface area contributed by atoms with E-state index in [-0.39, 0.29) is 22.8 Å². The Hall–Kier alpha value is -3.47. The van der Waals surface area contributed by atoms with Crippen LogP contribution in [0.2, 0.25) is 0 Å². The predicted molar refractivity (Wildman–Crippen MR) is 126 cm³/mol. The molecule has 0 aliphatic carbocycles. The van der Waals surface area contributed by atoms with Gasteiger partial charge in [0.1, 0.15) is 5.82 Å². The minimum absolute atomic E-state index is 0.00529. The zero-order valence-electron chi connectivity index (χ0n) is 19.3. The molecule has 0 N–H and O–H groups in total. The molecule has 33 heavy (non-hydrogen) atoms. The molecule has 11 nitrogen and oxygen atoms in total. The van der Waals surface area contributed by atoms with Gasteiger partial charge in [-0.2, -0.15) is 0 Å². The smallest absolute Gasteiger partial charge is 0.332 e. The molecule has 1 aromatic heterocycles. The molecular formula is C22H30N6O5. The number of nitro benzene ring substituents is 1. The van der Waals surface area contributed by atoms with Crippen LogP contribution in [0.15, 0.2) is 39.9 Å². The van der Waals surface area contributed by atoms with Crippen LogP contribution in [0.5, 0.6) is 0 Å². The van der Waals surface area contributed by atoms with Crippen molar-refractivity contribution in [1.82, 2.24) is 14.0 Å². The van der Waals surface area contributed by atoms with E-state index in [2.05, 4.69) is 4.90 Å². The van der Waals surface area contributed by atoms with Gasteiger partial charge in [-0.05, 0) is 25.1 Å². The maximum absolute atomic E-state index is 12.4. The Kier molecular flexibility index (Phi) is 7.64. The second-order valence-corrected chi connectivity index (χ2v) is 8.10. The third kappa shape index (κ3) is 5.48. The molecule has 2 heterocycles. The van der Waals surface area contributed by atoms with Crippen LogP contribution in [0.25, 0.3) is 0 Å².